The first-order valence-electron chi connectivity index (χ1n) is 16.9. The monoisotopic (exact) mass is 637 g/mol. The van der Waals surface area contributed by atoms with E-state index < -0.39 is 0 Å². The van der Waals surface area contributed by atoms with E-state index in [1.165, 1.54) is 32.3 Å². The third-order valence-corrected chi connectivity index (χ3v) is 10.2. The molecule has 0 aliphatic rings. The van der Waals surface area contributed by atoms with Gasteiger partial charge in [-0.05, 0) is 52.1 Å². The second-order valence-electron chi connectivity index (χ2n) is 12.9. The van der Waals surface area contributed by atoms with Crippen LogP contribution in [0.4, 0.5) is 0 Å². The lowest BCUT2D eigenvalue weighted by Crippen LogP contribution is -2.04. The summed E-state index contributed by atoms with van der Waals surface area (Å²) in [5, 5.41) is 9.43. The third kappa shape index (κ3) is 3.81. The van der Waals surface area contributed by atoms with Crippen LogP contribution in [0.5, 0.6) is 0 Å². The molecule has 8 aromatic carbocycles. The molecule has 0 saturated carbocycles. The van der Waals surface area contributed by atoms with Crippen molar-refractivity contribution in [1.82, 2.24) is 14.5 Å². The fraction of sp³-hybridized carbons (Fsp3) is 0. The molecular weight excluding hydrogens is 611 g/mol. The van der Waals surface area contributed by atoms with E-state index in [4.69, 9.17) is 14.4 Å². The van der Waals surface area contributed by atoms with Crippen molar-refractivity contribution in [3.63, 3.8) is 0 Å². The first-order chi connectivity index (χ1) is 24.8. The Bertz CT molecular complexity index is 3150. The predicted molar refractivity (Wildman–Crippen MR) is 207 cm³/mol. The zero-order chi connectivity index (χ0) is 32.8. The zero-order valence-electron chi connectivity index (χ0n) is 26.8. The van der Waals surface area contributed by atoms with Gasteiger partial charge in [-0.25, -0.2) is 9.97 Å². The van der Waals surface area contributed by atoms with Crippen LogP contribution in [0, 0.1) is 0 Å². The Kier molecular flexibility index (Phi) is 5.63. The van der Waals surface area contributed by atoms with Crippen molar-refractivity contribution in [2.24, 2.45) is 0 Å². The Morgan fingerprint density at radius 2 is 1.02 bits per heavy atom. The van der Waals surface area contributed by atoms with Gasteiger partial charge in [0, 0.05) is 38.1 Å². The molecule has 3 aromatic heterocycles. The normalized spacial score (nSPS) is 12.0. The molecule has 0 fully saturated rings. The van der Waals surface area contributed by atoms with Gasteiger partial charge in [0.1, 0.15) is 16.9 Å². The quantitative estimate of drug-likeness (QED) is 0.181. The SMILES string of the molecule is c1ccc(-c2nc3ccccc3nc2-n2c3c(-c4ccc5oc6ccccc6c5c4)cccc3c3c4ccccc4c4ccccc4c32)cc1. The van der Waals surface area contributed by atoms with Crippen LogP contribution in [0.15, 0.2) is 168 Å². The number of hydrogen-bond acceptors (Lipinski definition) is 3. The molecule has 232 valence electrons. The van der Waals surface area contributed by atoms with Gasteiger partial charge in [0.15, 0.2) is 5.82 Å². The van der Waals surface area contributed by atoms with Gasteiger partial charge in [-0.3, -0.25) is 4.57 Å². The number of furan rings is 1. The van der Waals surface area contributed by atoms with Crippen molar-refractivity contribution < 1.29 is 4.42 Å². The molecule has 0 radical (unpaired) electrons. The molecule has 0 spiro atoms. The zero-order valence-corrected chi connectivity index (χ0v) is 26.8. The van der Waals surface area contributed by atoms with E-state index in [0.717, 1.165) is 72.2 Å². The number of hydrogen-bond donors (Lipinski definition) is 0. The summed E-state index contributed by atoms with van der Waals surface area (Å²) in [4.78, 5) is 10.8. The van der Waals surface area contributed by atoms with Gasteiger partial charge in [0.05, 0.1) is 22.1 Å². The van der Waals surface area contributed by atoms with Gasteiger partial charge < -0.3 is 4.42 Å². The average Bonchev–Trinajstić information content (AvgIpc) is 3.74. The summed E-state index contributed by atoms with van der Waals surface area (Å²) in [6.07, 6.45) is 0. The van der Waals surface area contributed by atoms with E-state index in [9.17, 15) is 0 Å². The molecule has 4 nitrogen and oxygen atoms in total. The van der Waals surface area contributed by atoms with Crippen LogP contribution in [-0.4, -0.2) is 14.5 Å². The van der Waals surface area contributed by atoms with Crippen LogP contribution < -0.4 is 0 Å². The average molecular weight is 638 g/mol. The van der Waals surface area contributed by atoms with E-state index in [2.05, 4.69) is 132 Å². The Labute approximate surface area is 286 Å². The highest BCUT2D eigenvalue weighted by Crippen LogP contribution is 2.46. The van der Waals surface area contributed by atoms with Crippen LogP contribution in [0.1, 0.15) is 0 Å². The smallest absolute Gasteiger partial charge is 0.165 e. The maximum atomic E-state index is 6.25. The van der Waals surface area contributed by atoms with E-state index in [-0.39, 0.29) is 0 Å². The van der Waals surface area contributed by atoms with Crippen LogP contribution in [-0.2, 0) is 0 Å². The summed E-state index contributed by atoms with van der Waals surface area (Å²) in [7, 11) is 0. The lowest BCUT2D eigenvalue weighted by atomic mass is 9.95. The lowest BCUT2D eigenvalue weighted by molar-refractivity contribution is 0.669. The van der Waals surface area contributed by atoms with E-state index in [0.29, 0.717) is 0 Å². The van der Waals surface area contributed by atoms with Crippen molar-refractivity contribution >= 4 is 76.3 Å². The highest BCUT2D eigenvalue weighted by Gasteiger charge is 2.25. The number of benzene rings is 8. The van der Waals surface area contributed by atoms with Gasteiger partial charge in [-0.15, -0.1) is 0 Å². The van der Waals surface area contributed by atoms with E-state index in [1.54, 1.807) is 0 Å². The van der Waals surface area contributed by atoms with Gasteiger partial charge in [0.25, 0.3) is 0 Å². The molecule has 0 N–H and O–H groups in total. The van der Waals surface area contributed by atoms with E-state index in [1.807, 2.05) is 36.4 Å². The Balaban J connectivity index is 1.38. The maximum Gasteiger partial charge on any atom is 0.165 e. The summed E-state index contributed by atoms with van der Waals surface area (Å²) in [5.74, 6) is 0.803. The molecule has 11 aromatic rings. The summed E-state index contributed by atoms with van der Waals surface area (Å²) >= 11 is 0. The third-order valence-electron chi connectivity index (χ3n) is 10.2. The molecule has 0 aliphatic carbocycles. The molecule has 0 bridgehead atoms. The van der Waals surface area contributed by atoms with Crippen molar-refractivity contribution in [1.29, 1.82) is 0 Å². The molecule has 0 aliphatic heterocycles. The van der Waals surface area contributed by atoms with Crippen LogP contribution >= 0.6 is 0 Å². The molecule has 0 saturated heterocycles. The fourth-order valence-corrected chi connectivity index (χ4v) is 8.00. The van der Waals surface area contributed by atoms with Crippen LogP contribution in [0.3, 0.4) is 0 Å². The molecule has 0 unspecified atom stereocenters. The van der Waals surface area contributed by atoms with Crippen LogP contribution in [0.25, 0.3) is 105 Å². The van der Waals surface area contributed by atoms with Crippen molar-refractivity contribution in [2.75, 3.05) is 0 Å². The fourth-order valence-electron chi connectivity index (χ4n) is 8.00. The molecule has 0 amide bonds. The highest BCUT2D eigenvalue weighted by atomic mass is 16.3. The first-order valence-corrected chi connectivity index (χ1v) is 16.9. The van der Waals surface area contributed by atoms with Crippen molar-refractivity contribution in [3.8, 4) is 28.2 Å². The number of nitrogens with zero attached hydrogens (tertiary/aromatic N) is 3. The number of aromatic nitrogens is 3. The summed E-state index contributed by atoms with van der Waals surface area (Å²) in [6, 6.07) is 57.7. The predicted octanol–water partition coefficient (Wildman–Crippen LogP) is 12.3. The number of fused-ring (bicyclic) bond motifs is 12. The van der Waals surface area contributed by atoms with Gasteiger partial charge in [0.2, 0.25) is 0 Å². The largest absolute Gasteiger partial charge is 0.456 e. The molecule has 0 atom stereocenters. The summed E-state index contributed by atoms with van der Waals surface area (Å²) in [6.45, 7) is 0. The lowest BCUT2D eigenvalue weighted by Gasteiger charge is -2.16. The van der Waals surface area contributed by atoms with E-state index >= 15 is 0 Å². The molecule has 4 heteroatoms. The number of rotatable bonds is 3. The van der Waals surface area contributed by atoms with Crippen molar-refractivity contribution in [3.05, 3.63) is 164 Å². The molecule has 50 heavy (non-hydrogen) atoms. The minimum Gasteiger partial charge on any atom is -0.456 e. The number of para-hydroxylation sites is 4. The Morgan fingerprint density at radius 3 is 1.84 bits per heavy atom. The maximum absolute atomic E-state index is 6.25. The topological polar surface area (TPSA) is 43.9 Å². The second-order valence-corrected chi connectivity index (χ2v) is 12.9. The standard InChI is InChI=1S/C46H27N3O/c1-2-13-28(14-3-1)43-46(48-39-23-10-9-22-38(39)47-43)49-44-30(29-25-26-41-37(27-29)33-17-8-11-24-40(33)50-41)20-12-21-36(44)42-34-18-6-4-15-31(34)32-16-5-7-19-35(32)45(42)49/h1-27H. The minimum atomic E-state index is 0.803. The molecular formula is C46H27N3O. The van der Waals surface area contributed by atoms with Gasteiger partial charge in [-0.1, -0.05) is 133 Å². The Hall–Kier alpha value is -6.78. The first kappa shape index (κ1) is 27.2. The summed E-state index contributed by atoms with van der Waals surface area (Å²) in [5.41, 5.74) is 9.80. The van der Waals surface area contributed by atoms with Gasteiger partial charge >= 0.3 is 0 Å². The second kappa shape index (κ2) is 10.4. The Morgan fingerprint density at radius 1 is 0.400 bits per heavy atom. The molecule has 11 rings (SSSR count). The van der Waals surface area contributed by atoms with Crippen molar-refractivity contribution in [2.45, 2.75) is 0 Å². The van der Waals surface area contributed by atoms with Crippen LogP contribution in [0.2, 0.25) is 0 Å². The highest BCUT2D eigenvalue weighted by molar-refractivity contribution is 6.33. The van der Waals surface area contributed by atoms with Gasteiger partial charge in [-0.2, -0.15) is 0 Å². The minimum absolute atomic E-state index is 0.803. The summed E-state index contributed by atoms with van der Waals surface area (Å²) < 4.78 is 8.65. The molecule has 3 heterocycles.